The van der Waals surface area contributed by atoms with Crippen LogP contribution in [0.2, 0.25) is 0 Å². The summed E-state index contributed by atoms with van der Waals surface area (Å²) in [7, 11) is 0. The summed E-state index contributed by atoms with van der Waals surface area (Å²) in [6.07, 6.45) is 0. The van der Waals surface area contributed by atoms with Gasteiger partial charge in [-0.3, -0.25) is 0 Å². The van der Waals surface area contributed by atoms with Crippen LogP contribution in [0.3, 0.4) is 0 Å². The van der Waals surface area contributed by atoms with Gasteiger partial charge in [0.05, 0.1) is 0 Å². The molecule has 0 unspecified atom stereocenters. The molecule has 3 N–H and O–H groups in total. The molecule has 1 rings (SSSR count). The van der Waals surface area contributed by atoms with Crippen LogP contribution in [0.4, 0.5) is 8.78 Å². The number of nitrogens with two attached hydrogens (primary N) is 1. The number of phenolic OH excluding ortho intramolecular Hbond substituents is 1. The quantitative estimate of drug-likeness (QED) is 0.678. The molecule has 0 saturated carbocycles. The van der Waals surface area contributed by atoms with Gasteiger partial charge >= 0.3 is 0 Å². The van der Waals surface area contributed by atoms with Crippen molar-refractivity contribution in [2.24, 2.45) is 5.73 Å². The van der Waals surface area contributed by atoms with Gasteiger partial charge in [0.1, 0.15) is 0 Å². The van der Waals surface area contributed by atoms with E-state index in [1.54, 1.807) is 0 Å². The summed E-state index contributed by atoms with van der Waals surface area (Å²) in [6.45, 7) is 1.54. The third-order valence-corrected chi connectivity index (χ3v) is 1.58. The number of hydrogen-bond acceptors (Lipinski definition) is 2. The highest BCUT2D eigenvalue weighted by atomic mass is 19.2. The van der Waals surface area contributed by atoms with Crippen molar-refractivity contribution in [3.8, 4) is 5.75 Å². The van der Waals surface area contributed by atoms with Gasteiger partial charge in [0.2, 0.25) is 5.82 Å². The molecule has 0 radical (unpaired) electrons. The zero-order valence-corrected chi connectivity index (χ0v) is 6.51. The largest absolute Gasteiger partial charge is 0.505 e. The SMILES string of the molecule is C[C@@H](N)c1ccc(O)c(F)c1F. The molecule has 0 bridgehead atoms. The molecular formula is C8H9F2NO. The predicted octanol–water partition coefficient (Wildman–Crippen LogP) is 1.69. The Kier molecular flexibility index (Phi) is 2.28. The second kappa shape index (κ2) is 3.06. The van der Waals surface area contributed by atoms with E-state index >= 15 is 0 Å². The molecule has 0 saturated heterocycles. The zero-order chi connectivity index (χ0) is 9.30. The van der Waals surface area contributed by atoms with Gasteiger partial charge in [-0.15, -0.1) is 0 Å². The molecule has 66 valence electrons. The second-order valence-electron chi connectivity index (χ2n) is 2.59. The standard InChI is InChI=1S/C8H9F2NO/c1-4(11)5-2-3-6(12)8(10)7(5)9/h2-4,12H,11H2,1H3/t4-/m1/s1. The van der Waals surface area contributed by atoms with E-state index in [0.29, 0.717) is 0 Å². The van der Waals surface area contributed by atoms with Crippen molar-refractivity contribution in [1.82, 2.24) is 0 Å². The Balaban J connectivity index is 3.27. The summed E-state index contributed by atoms with van der Waals surface area (Å²) >= 11 is 0. The second-order valence-corrected chi connectivity index (χ2v) is 2.59. The van der Waals surface area contributed by atoms with Crippen molar-refractivity contribution in [2.75, 3.05) is 0 Å². The number of phenols is 1. The molecule has 0 aliphatic heterocycles. The van der Waals surface area contributed by atoms with Gasteiger partial charge in [0.25, 0.3) is 0 Å². The first-order chi connectivity index (χ1) is 5.54. The van der Waals surface area contributed by atoms with Crippen LogP contribution in [0.25, 0.3) is 0 Å². The number of halogens is 2. The fourth-order valence-electron chi connectivity index (χ4n) is 0.906. The Labute approximate surface area is 68.6 Å². The Morgan fingerprint density at radius 3 is 2.42 bits per heavy atom. The van der Waals surface area contributed by atoms with Gasteiger partial charge in [-0.05, 0) is 13.0 Å². The molecule has 0 fully saturated rings. The van der Waals surface area contributed by atoms with E-state index in [1.165, 1.54) is 13.0 Å². The lowest BCUT2D eigenvalue weighted by atomic mass is 10.1. The average Bonchev–Trinajstić information content (AvgIpc) is 2.00. The monoisotopic (exact) mass is 173 g/mol. The molecule has 0 aliphatic rings. The summed E-state index contributed by atoms with van der Waals surface area (Å²) in [5.41, 5.74) is 5.41. The van der Waals surface area contributed by atoms with Crippen LogP contribution >= 0.6 is 0 Å². The number of rotatable bonds is 1. The van der Waals surface area contributed by atoms with Crippen LogP contribution < -0.4 is 5.73 Å². The summed E-state index contributed by atoms with van der Waals surface area (Å²) in [5, 5.41) is 8.75. The van der Waals surface area contributed by atoms with Crippen LogP contribution in [-0.4, -0.2) is 5.11 Å². The maximum atomic E-state index is 12.9. The molecule has 1 aromatic carbocycles. The molecule has 4 heteroatoms. The molecule has 12 heavy (non-hydrogen) atoms. The predicted molar refractivity (Wildman–Crippen MR) is 40.6 cm³/mol. The van der Waals surface area contributed by atoms with E-state index in [9.17, 15) is 8.78 Å². The molecule has 0 amide bonds. The average molecular weight is 173 g/mol. The number of hydrogen-bond donors (Lipinski definition) is 2. The lowest BCUT2D eigenvalue weighted by molar-refractivity contribution is 0.402. The summed E-state index contributed by atoms with van der Waals surface area (Å²) in [6, 6.07) is 1.76. The number of aromatic hydroxyl groups is 1. The molecule has 0 heterocycles. The zero-order valence-electron chi connectivity index (χ0n) is 6.51. The first-order valence-corrected chi connectivity index (χ1v) is 3.46. The maximum Gasteiger partial charge on any atom is 0.200 e. The van der Waals surface area contributed by atoms with Gasteiger partial charge in [0, 0.05) is 11.6 Å². The highest BCUT2D eigenvalue weighted by Gasteiger charge is 2.14. The molecular weight excluding hydrogens is 164 g/mol. The summed E-state index contributed by atoms with van der Waals surface area (Å²) in [5.74, 6) is -3.02. The molecule has 0 aliphatic carbocycles. The van der Waals surface area contributed by atoms with Crippen LogP contribution in [-0.2, 0) is 0 Å². The summed E-state index contributed by atoms with van der Waals surface area (Å²) < 4.78 is 25.6. The van der Waals surface area contributed by atoms with Crippen molar-refractivity contribution in [3.05, 3.63) is 29.3 Å². The third-order valence-electron chi connectivity index (χ3n) is 1.58. The van der Waals surface area contributed by atoms with E-state index in [4.69, 9.17) is 10.8 Å². The first-order valence-electron chi connectivity index (χ1n) is 3.46. The van der Waals surface area contributed by atoms with Gasteiger partial charge < -0.3 is 10.8 Å². The Bertz CT molecular complexity index is 299. The highest BCUT2D eigenvalue weighted by molar-refractivity contribution is 5.31. The van der Waals surface area contributed by atoms with Crippen molar-refractivity contribution >= 4 is 0 Å². The van der Waals surface area contributed by atoms with Gasteiger partial charge in [0.15, 0.2) is 11.6 Å². The van der Waals surface area contributed by atoms with Crippen LogP contribution in [0.1, 0.15) is 18.5 Å². The van der Waals surface area contributed by atoms with Crippen molar-refractivity contribution < 1.29 is 13.9 Å². The highest BCUT2D eigenvalue weighted by Crippen LogP contribution is 2.23. The minimum atomic E-state index is -1.25. The lowest BCUT2D eigenvalue weighted by Gasteiger charge is -2.07. The van der Waals surface area contributed by atoms with Crippen molar-refractivity contribution in [1.29, 1.82) is 0 Å². The third kappa shape index (κ3) is 1.38. The van der Waals surface area contributed by atoms with E-state index in [-0.39, 0.29) is 5.56 Å². The Hall–Kier alpha value is -1.16. The summed E-state index contributed by atoms with van der Waals surface area (Å²) in [4.78, 5) is 0. The lowest BCUT2D eigenvalue weighted by Crippen LogP contribution is -2.08. The van der Waals surface area contributed by atoms with Gasteiger partial charge in [-0.2, -0.15) is 4.39 Å². The van der Waals surface area contributed by atoms with Crippen LogP contribution in [0.15, 0.2) is 12.1 Å². The van der Waals surface area contributed by atoms with Gasteiger partial charge in [-0.25, -0.2) is 4.39 Å². The van der Waals surface area contributed by atoms with Gasteiger partial charge in [-0.1, -0.05) is 6.07 Å². The molecule has 1 aromatic rings. The minimum Gasteiger partial charge on any atom is -0.505 e. The normalized spacial score (nSPS) is 13.0. The molecule has 1 atom stereocenters. The van der Waals surface area contributed by atoms with E-state index in [0.717, 1.165) is 6.07 Å². The van der Waals surface area contributed by atoms with E-state index < -0.39 is 23.4 Å². The van der Waals surface area contributed by atoms with E-state index in [2.05, 4.69) is 0 Å². The number of benzene rings is 1. The minimum absolute atomic E-state index is 0.0605. The molecule has 0 aromatic heterocycles. The fraction of sp³-hybridized carbons (Fsp3) is 0.250. The first kappa shape index (κ1) is 8.93. The van der Waals surface area contributed by atoms with E-state index in [1.807, 2.05) is 0 Å². The molecule has 2 nitrogen and oxygen atoms in total. The Morgan fingerprint density at radius 2 is 1.92 bits per heavy atom. The van der Waals surface area contributed by atoms with Crippen molar-refractivity contribution in [3.63, 3.8) is 0 Å². The Morgan fingerprint density at radius 1 is 1.33 bits per heavy atom. The fourth-order valence-corrected chi connectivity index (χ4v) is 0.906. The smallest absolute Gasteiger partial charge is 0.200 e. The molecule has 0 spiro atoms. The van der Waals surface area contributed by atoms with Crippen LogP contribution in [0, 0.1) is 11.6 Å². The topological polar surface area (TPSA) is 46.2 Å². The van der Waals surface area contributed by atoms with Crippen LogP contribution in [0.5, 0.6) is 5.75 Å². The van der Waals surface area contributed by atoms with Crippen molar-refractivity contribution in [2.45, 2.75) is 13.0 Å². The maximum absolute atomic E-state index is 12.9.